The summed E-state index contributed by atoms with van der Waals surface area (Å²) in [5.41, 5.74) is 1.10. The van der Waals surface area contributed by atoms with Gasteiger partial charge in [0.05, 0.1) is 0 Å². The minimum atomic E-state index is -0.297. The Morgan fingerprint density at radius 3 is 2.67 bits per heavy atom. The molecular weight excluding hydrogens is 327 g/mol. The van der Waals surface area contributed by atoms with Crippen LogP contribution in [0, 0.1) is 5.82 Å². The van der Waals surface area contributed by atoms with Gasteiger partial charge in [-0.3, -0.25) is 0 Å². The first kappa shape index (κ1) is 10.7. The third-order valence-corrected chi connectivity index (χ3v) is 3.01. The average Bonchev–Trinajstić information content (AvgIpc) is 2.23. The molecule has 0 N–H and O–H groups in total. The highest BCUT2D eigenvalue weighted by Crippen LogP contribution is 2.29. The predicted molar refractivity (Wildman–Crippen MR) is 62.8 cm³/mol. The zero-order valence-electron chi connectivity index (χ0n) is 7.42. The predicted octanol–water partition coefficient (Wildman–Crippen LogP) is 3.81. The molecular formula is C10H5Br2FN2. The van der Waals surface area contributed by atoms with Crippen molar-refractivity contribution in [3.8, 4) is 11.1 Å². The Bertz CT molecular complexity index is 503. The van der Waals surface area contributed by atoms with E-state index in [0.717, 1.165) is 4.47 Å². The van der Waals surface area contributed by atoms with Gasteiger partial charge in [-0.25, -0.2) is 14.4 Å². The van der Waals surface area contributed by atoms with Gasteiger partial charge in [-0.2, -0.15) is 0 Å². The molecule has 2 rings (SSSR count). The molecule has 0 aliphatic carbocycles. The van der Waals surface area contributed by atoms with E-state index in [0.29, 0.717) is 15.7 Å². The first-order chi connectivity index (χ1) is 7.18. The van der Waals surface area contributed by atoms with Gasteiger partial charge in [-0.1, -0.05) is 15.9 Å². The van der Waals surface area contributed by atoms with Crippen LogP contribution in [0.3, 0.4) is 0 Å². The van der Waals surface area contributed by atoms with Crippen LogP contribution in [0.2, 0.25) is 0 Å². The van der Waals surface area contributed by atoms with E-state index in [4.69, 9.17) is 0 Å². The number of nitrogens with zero attached hydrogens (tertiary/aromatic N) is 2. The van der Waals surface area contributed by atoms with Gasteiger partial charge in [0.2, 0.25) is 0 Å². The fourth-order valence-corrected chi connectivity index (χ4v) is 1.97. The summed E-state index contributed by atoms with van der Waals surface area (Å²) in [5, 5.41) is 0. The van der Waals surface area contributed by atoms with Crippen molar-refractivity contribution in [2.75, 3.05) is 0 Å². The number of benzene rings is 1. The third kappa shape index (κ3) is 2.23. The topological polar surface area (TPSA) is 25.8 Å². The summed E-state index contributed by atoms with van der Waals surface area (Å²) >= 11 is 6.55. The van der Waals surface area contributed by atoms with Crippen molar-refractivity contribution >= 4 is 31.9 Å². The van der Waals surface area contributed by atoms with Crippen molar-refractivity contribution < 1.29 is 4.39 Å². The van der Waals surface area contributed by atoms with Crippen molar-refractivity contribution in [3.63, 3.8) is 0 Å². The lowest BCUT2D eigenvalue weighted by Gasteiger charge is -2.04. The summed E-state index contributed by atoms with van der Waals surface area (Å²) in [6.45, 7) is 0. The molecule has 1 heterocycles. The molecule has 2 nitrogen and oxygen atoms in total. The minimum absolute atomic E-state index is 0.297. The van der Waals surface area contributed by atoms with Gasteiger partial charge in [-0.15, -0.1) is 0 Å². The maximum atomic E-state index is 13.5. The second-order valence-electron chi connectivity index (χ2n) is 2.85. The summed E-state index contributed by atoms with van der Waals surface area (Å²) in [6, 6.07) is 4.74. The van der Waals surface area contributed by atoms with E-state index in [9.17, 15) is 4.39 Å². The van der Waals surface area contributed by atoms with Crippen LogP contribution in [0.4, 0.5) is 4.39 Å². The molecule has 1 aromatic heterocycles. The standard InChI is InChI=1S/C10H5Br2FN2/c11-6-1-2-9(13)7(3-6)8-4-14-5-15-10(8)12/h1-5H. The average molecular weight is 332 g/mol. The highest BCUT2D eigenvalue weighted by Gasteiger charge is 2.09. The Kier molecular flexibility index (Phi) is 3.11. The third-order valence-electron chi connectivity index (χ3n) is 1.88. The molecule has 0 spiro atoms. The highest BCUT2D eigenvalue weighted by atomic mass is 79.9. The summed E-state index contributed by atoms with van der Waals surface area (Å²) < 4.78 is 14.9. The van der Waals surface area contributed by atoms with Crippen LogP contribution in [-0.4, -0.2) is 9.97 Å². The Hall–Kier alpha value is -0.810. The van der Waals surface area contributed by atoms with Crippen LogP contribution >= 0.6 is 31.9 Å². The van der Waals surface area contributed by atoms with Crippen LogP contribution in [0.15, 0.2) is 39.8 Å². The van der Waals surface area contributed by atoms with E-state index < -0.39 is 0 Å². The molecule has 0 saturated carbocycles. The van der Waals surface area contributed by atoms with Crippen molar-refractivity contribution in [2.45, 2.75) is 0 Å². The van der Waals surface area contributed by atoms with Crippen molar-refractivity contribution in [3.05, 3.63) is 45.6 Å². The summed E-state index contributed by atoms with van der Waals surface area (Å²) in [5.74, 6) is -0.297. The van der Waals surface area contributed by atoms with Crippen molar-refractivity contribution in [1.82, 2.24) is 9.97 Å². The maximum absolute atomic E-state index is 13.5. The normalized spacial score (nSPS) is 10.3. The zero-order valence-corrected chi connectivity index (χ0v) is 10.6. The molecule has 0 amide bonds. The monoisotopic (exact) mass is 330 g/mol. The first-order valence-electron chi connectivity index (χ1n) is 4.09. The fraction of sp³-hybridized carbons (Fsp3) is 0. The molecule has 0 aliphatic rings. The SMILES string of the molecule is Fc1ccc(Br)cc1-c1cncnc1Br. The number of halogens is 3. The molecule has 0 saturated heterocycles. The quantitative estimate of drug-likeness (QED) is 0.743. The van der Waals surface area contributed by atoms with Crippen molar-refractivity contribution in [2.24, 2.45) is 0 Å². The van der Waals surface area contributed by atoms with Gasteiger partial charge in [0.1, 0.15) is 16.7 Å². The highest BCUT2D eigenvalue weighted by molar-refractivity contribution is 9.10. The molecule has 0 atom stereocenters. The lowest BCUT2D eigenvalue weighted by molar-refractivity contribution is 0.630. The Balaban J connectivity index is 2.64. The largest absolute Gasteiger partial charge is 0.244 e. The van der Waals surface area contributed by atoms with E-state index in [-0.39, 0.29) is 5.82 Å². The summed E-state index contributed by atoms with van der Waals surface area (Å²) in [7, 11) is 0. The summed E-state index contributed by atoms with van der Waals surface area (Å²) in [4.78, 5) is 7.82. The molecule has 0 bridgehead atoms. The fourth-order valence-electron chi connectivity index (χ4n) is 1.20. The second-order valence-corrected chi connectivity index (χ2v) is 4.52. The van der Waals surface area contributed by atoms with Crippen LogP contribution < -0.4 is 0 Å². The van der Waals surface area contributed by atoms with Gasteiger partial charge in [0.25, 0.3) is 0 Å². The van der Waals surface area contributed by atoms with E-state index in [1.165, 1.54) is 12.4 Å². The molecule has 0 radical (unpaired) electrons. The van der Waals surface area contributed by atoms with Gasteiger partial charge in [-0.05, 0) is 34.1 Å². The van der Waals surface area contributed by atoms with Crippen LogP contribution in [0.5, 0.6) is 0 Å². The van der Waals surface area contributed by atoms with E-state index in [1.54, 1.807) is 18.3 Å². The van der Waals surface area contributed by atoms with Gasteiger partial charge < -0.3 is 0 Å². The van der Waals surface area contributed by atoms with Crippen LogP contribution in [-0.2, 0) is 0 Å². The maximum Gasteiger partial charge on any atom is 0.131 e. The van der Waals surface area contributed by atoms with E-state index in [2.05, 4.69) is 41.8 Å². The zero-order chi connectivity index (χ0) is 10.8. The lowest BCUT2D eigenvalue weighted by atomic mass is 10.1. The lowest BCUT2D eigenvalue weighted by Crippen LogP contribution is -1.89. The Morgan fingerprint density at radius 2 is 1.93 bits per heavy atom. The van der Waals surface area contributed by atoms with Crippen molar-refractivity contribution in [1.29, 1.82) is 0 Å². The molecule has 0 unspecified atom stereocenters. The molecule has 15 heavy (non-hydrogen) atoms. The number of rotatable bonds is 1. The minimum Gasteiger partial charge on any atom is -0.244 e. The molecule has 0 aliphatic heterocycles. The molecule has 76 valence electrons. The smallest absolute Gasteiger partial charge is 0.131 e. The van der Waals surface area contributed by atoms with E-state index >= 15 is 0 Å². The van der Waals surface area contributed by atoms with Gasteiger partial charge >= 0.3 is 0 Å². The molecule has 1 aromatic carbocycles. The Morgan fingerprint density at radius 1 is 1.13 bits per heavy atom. The Labute approximate surface area is 103 Å². The van der Waals surface area contributed by atoms with Crippen LogP contribution in [0.1, 0.15) is 0 Å². The number of aromatic nitrogens is 2. The number of hydrogen-bond donors (Lipinski definition) is 0. The van der Waals surface area contributed by atoms with Gasteiger partial charge in [0, 0.05) is 21.8 Å². The van der Waals surface area contributed by atoms with Crippen LogP contribution in [0.25, 0.3) is 11.1 Å². The molecule has 0 fully saturated rings. The van der Waals surface area contributed by atoms with E-state index in [1.807, 2.05) is 0 Å². The van der Waals surface area contributed by atoms with Gasteiger partial charge in [0.15, 0.2) is 0 Å². The second kappa shape index (κ2) is 4.37. The molecule has 2 aromatic rings. The summed E-state index contributed by atoms with van der Waals surface area (Å²) in [6.07, 6.45) is 2.98. The number of hydrogen-bond acceptors (Lipinski definition) is 2. The first-order valence-corrected chi connectivity index (χ1v) is 5.68. The molecule has 5 heteroatoms.